The molecule has 3 fully saturated rings. The highest BCUT2D eigenvalue weighted by Gasteiger charge is 2.51. The van der Waals surface area contributed by atoms with Crippen molar-refractivity contribution < 1.29 is 33.4 Å². The van der Waals surface area contributed by atoms with Gasteiger partial charge in [0.05, 0.1) is 30.6 Å². The fourth-order valence-corrected chi connectivity index (χ4v) is 6.62. The van der Waals surface area contributed by atoms with Crippen molar-refractivity contribution in [3.05, 3.63) is 23.5 Å². The van der Waals surface area contributed by atoms with Crippen molar-refractivity contribution in [1.82, 2.24) is 10.6 Å². The Morgan fingerprint density at radius 1 is 1.03 bits per heavy atom. The third kappa shape index (κ3) is 6.07. The first-order valence-corrected chi connectivity index (χ1v) is 14.1. The quantitative estimate of drug-likeness (QED) is 0.385. The standard InChI is InChI=1S/C29H41FN2O6/c1-4-16(5-2)15-31-28(34)25-18-6-7-19(12-18)26(25)32-27(33)21-13-24(22(30)14-23(21)37-3)38-20-10-8-17(9-11-20)29(35)36/h13-14,16-20,25-26H,4-12,15H2,1-3H3,(H,31,34)(H,32,33)(H,35,36)/t17?,18-,19?,20?,25?,26?/m0/s1. The highest BCUT2D eigenvalue weighted by molar-refractivity contribution is 5.98. The van der Waals surface area contributed by atoms with Gasteiger partial charge in [0.15, 0.2) is 11.6 Å². The maximum atomic E-state index is 14.9. The number of nitrogens with one attached hydrogen (secondary N) is 2. The van der Waals surface area contributed by atoms with Gasteiger partial charge in [0, 0.05) is 18.7 Å². The van der Waals surface area contributed by atoms with E-state index in [1.54, 1.807) is 0 Å². The minimum absolute atomic E-state index is 0.00135. The minimum Gasteiger partial charge on any atom is -0.496 e. The lowest BCUT2D eigenvalue weighted by Crippen LogP contribution is -2.50. The Labute approximate surface area is 224 Å². The summed E-state index contributed by atoms with van der Waals surface area (Å²) < 4.78 is 26.1. The highest BCUT2D eigenvalue weighted by Crippen LogP contribution is 2.49. The van der Waals surface area contributed by atoms with Gasteiger partial charge in [0.1, 0.15) is 5.75 Å². The van der Waals surface area contributed by atoms with Crippen molar-refractivity contribution >= 4 is 17.8 Å². The first-order chi connectivity index (χ1) is 18.2. The molecule has 2 amide bonds. The normalized spacial score (nSPS) is 28.2. The van der Waals surface area contributed by atoms with E-state index in [0.717, 1.165) is 38.2 Å². The number of ether oxygens (including phenoxy) is 2. The van der Waals surface area contributed by atoms with Crippen LogP contribution >= 0.6 is 0 Å². The monoisotopic (exact) mass is 532 g/mol. The molecule has 0 spiro atoms. The second-order valence-corrected chi connectivity index (χ2v) is 11.2. The van der Waals surface area contributed by atoms with Crippen LogP contribution in [0.1, 0.15) is 82.0 Å². The van der Waals surface area contributed by atoms with Gasteiger partial charge in [-0.1, -0.05) is 26.7 Å². The molecule has 3 saturated carbocycles. The number of aliphatic carboxylic acids is 1. The number of halogens is 1. The van der Waals surface area contributed by atoms with Crippen LogP contribution in [0.15, 0.2) is 12.1 Å². The third-order valence-electron chi connectivity index (χ3n) is 9.05. The fourth-order valence-electron chi connectivity index (χ4n) is 6.62. The molecule has 3 unspecified atom stereocenters. The fraction of sp³-hybridized carbons (Fsp3) is 0.690. The molecular weight excluding hydrogens is 491 g/mol. The Morgan fingerprint density at radius 2 is 1.71 bits per heavy atom. The number of hydrogen-bond donors (Lipinski definition) is 3. The number of benzene rings is 1. The molecule has 0 heterocycles. The lowest BCUT2D eigenvalue weighted by Gasteiger charge is -2.31. The summed E-state index contributed by atoms with van der Waals surface area (Å²) in [6.07, 6.45) is 6.51. The summed E-state index contributed by atoms with van der Waals surface area (Å²) >= 11 is 0. The molecule has 4 rings (SSSR count). The van der Waals surface area contributed by atoms with Crippen molar-refractivity contribution in [2.24, 2.45) is 29.6 Å². The molecule has 1 aromatic rings. The van der Waals surface area contributed by atoms with Crippen molar-refractivity contribution in [2.45, 2.75) is 83.8 Å². The van der Waals surface area contributed by atoms with Gasteiger partial charge >= 0.3 is 5.97 Å². The summed E-state index contributed by atoms with van der Waals surface area (Å²) in [7, 11) is 1.38. The molecule has 0 aromatic heterocycles. The topological polar surface area (TPSA) is 114 Å². The van der Waals surface area contributed by atoms with E-state index in [-0.39, 0.29) is 52.9 Å². The molecular formula is C29H41FN2O6. The molecule has 38 heavy (non-hydrogen) atoms. The Bertz CT molecular complexity index is 1020. The van der Waals surface area contributed by atoms with E-state index in [1.165, 1.54) is 13.2 Å². The van der Waals surface area contributed by atoms with E-state index in [2.05, 4.69) is 24.5 Å². The van der Waals surface area contributed by atoms with Crippen LogP contribution in [0.3, 0.4) is 0 Å². The number of carbonyl (C=O) groups excluding carboxylic acids is 2. The van der Waals surface area contributed by atoms with Crippen molar-refractivity contribution in [3.63, 3.8) is 0 Å². The van der Waals surface area contributed by atoms with Crippen LogP contribution in [0.2, 0.25) is 0 Å². The number of carbonyl (C=O) groups is 3. The smallest absolute Gasteiger partial charge is 0.306 e. The average Bonchev–Trinajstić information content (AvgIpc) is 3.52. The Kier molecular flexibility index (Phi) is 9.15. The number of fused-ring (bicyclic) bond motifs is 2. The first-order valence-electron chi connectivity index (χ1n) is 14.1. The molecule has 3 aliphatic rings. The zero-order valence-electron chi connectivity index (χ0n) is 22.6. The number of carboxylic acid groups (broad SMARTS) is 1. The molecule has 210 valence electrons. The Hall–Kier alpha value is -2.84. The summed E-state index contributed by atoms with van der Waals surface area (Å²) in [5.74, 6) is -1.59. The molecule has 0 aliphatic heterocycles. The summed E-state index contributed by atoms with van der Waals surface area (Å²) in [5, 5.41) is 15.4. The van der Waals surface area contributed by atoms with Crippen molar-refractivity contribution in [1.29, 1.82) is 0 Å². The van der Waals surface area contributed by atoms with Crippen LogP contribution < -0.4 is 20.1 Å². The van der Waals surface area contributed by atoms with Gasteiger partial charge in [-0.3, -0.25) is 14.4 Å². The minimum atomic E-state index is -0.818. The second-order valence-electron chi connectivity index (χ2n) is 11.2. The molecule has 9 heteroatoms. The summed E-state index contributed by atoms with van der Waals surface area (Å²) in [6.45, 7) is 4.88. The van der Waals surface area contributed by atoms with Crippen LogP contribution in [0.5, 0.6) is 11.5 Å². The van der Waals surface area contributed by atoms with Gasteiger partial charge in [-0.15, -0.1) is 0 Å². The molecule has 1 aromatic carbocycles. The second kappa shape index (κ2) is 12.3. The number of carboxylic acids is 1. The van der Waals surface area contributed by atoms with Gasteiger partial charge in [0.2, 0.25) is 5.91 Å². The van der Waals surface area contributed by atoms with Crippen LogP contribution in [0.25, 0.3) is 0 Å². The van der Waals surface area contributed by atoms with Crippen LogP contribution in [-0.4, -0.2) is 48.7 Å². The van der Waals surface area contributed by atoms with Gasteiger partial charge in [-0.2, -0.15) is 0 Å². The van der Waals surface area contributed by atoms with E-state index >= 15 is 0 Å². The van der Waals surface area contributed by atoms with E-state index < -0.39 is 23.6 Å². The molecule has 3 aliphatic carbocycles. The Morgan fingerprint density at radius 3 is 2.34 bits per heavy atom. The maximum absolute atomic E-state index is 14.9. The number of methoxy groups -OCH3 is 1. The van der Waals surface area contributed by atoms with Crippen LogP contribution in [0.4, 0.5) is 4.39 Å². The third-order valence-corrected chi connectivity index (χ3v) is 9.05. The van der Waals surface area contributed by atoms with E-state index in [0.29, 0.717) is 38.1 Å². The molecule has 3 N–H and O–H groups in total. The van der Waals surface area contributed by atoms with Gasteiger partial charge in [0.25, 0.3) is 5.91 Å². The van der Waals surface area contributed by atoms with Crippen molar-refractivity contribution in [2.75, 3.05) is 13.7 Å². The van der Waals surface area contributed by atoms with Crippen LogP contribution in [-0.2, 0) is 9.59 Å². The first kappa shape index (κ1) is 28.2. The largest absolute Gasteiger partial charge is 0.496 e. The lowest BCUT2D eigenvalue weighted by molar-refractivity contribution is -0.143. The van der Waals surface area contributed by atoms with Gasteiger partial charge in [-0.25, -0.2) is 4.39 Å². The Balaban J connectivity index is 1.46. The number of amides is 2. The molecule has 8 nitrogen and oxygen atoms in total. The van der Waals surface area contributed by atoms with Gasteiger partial charge < -0.3 is 25.2 Å². The zero-order valence-corrected chi connectivity index (χ0v) is 22.6. The predicted octanol–water partition coefficient (Wildman–Crippen LogP) is 4.55. The van der Waals surface area contributed by atoms with E-state index in [4.69, 9.17) is 9.47 Å². The summed E-state index contributed by atoms with van der Waals surface area (Å²) in [4.78, 5) is 37.9. The van der Waals surface area contributed by atoms with Crippen molar-refractivity contribution in [3.8, 4) is 11.5 Å². The SMILES string of the molecule is CCC(CC)CNC(=O)C1C(NC(=O)c2cc(OC3CCC(C(=O)O)CC3)c(F)cc2OC)C2CC[C@H]1C2. The van der Waals surface area contributed by atoms with Gasteiger partial charge in [-0.05, 0) is 68.8 Å². The number of hydrogen-bond acceptors (Lipinski definition) is 5. The number of rotatable bonds is 11. The molecule has 0 saturated heterocycles. The molecule has 4 atom stereocenters. The highest BCUT2D eigenvalue weighted by atomic mass is 19.1. The van der Waals surface area contributed by atoms with E-state index in [9.17, 15) is 23.9 Å². The maximum Gasteiger partial charge on any atom is 0.306 e. The van der Waals surface area contributed by atoms with Crippen LogP contribution in [0, 0.1) is 35.4 Å². The predicted molar refractivity (Wildman–Crippen MR) is 140 cm³/mol. The molecule has 0 radical (unpaired) electrons. The average molecular weight is 533 g/mol. The summed E-state index contributed by atoms with van der Waals surface area (Å²) in [5.41, 5.74) is 0.155. The summed E-state index contributed by atoms with van der Waals surface area (Å²) in [6, 6.07) is 2.23. The lowest BCUT2D eigenvalue weighted by atomic mass is 9.83. The van der Waals surface area contributed by atoms with E-state index in [1.807, 2.05) is 0 Å². The zero-order chi connectivity index (χ0) is 27.4. The molecule has 2 bridgehead atoms.